The third-order valence-corrected chi connectivity index (χ3v) is 5.08. The summed E-state index contributed by atoms with van der Waals surface area (Å²) in [6, 6.07) is 19.7. The highest BCUT2D eigenvalue weighted by atomic mass is 35.5. The number of carbonyl (C=O) groups excluding carboxylic acids is 1. The van der Waals surface area contributed by atoms with Crippen LogP contribution in [-0.2, 0) is 9.53 Å². The number of nitrogens with zero attached hydrogens (tertiary/aromatic N) is 1. The Morgan fingerprint density at radius 2 is 1.68 bits per heavy atom. The van der Waals surface area contributed by atoms with Crippen LogP contribution < -0.4 is 10.2 Å². The molecule has 0 fully saturated rings. The van der Waals surface area contributed by atoms with Crippen LogP contribution >= 0.6 is 24.0 Å². The summed E-state index contributed by atoms with van der Waals surface area (Å²) in [5, 5.41) is 19.8. The molecule has 0 saturated carbocycles. The number of carbonyl (C=O) groups is 1. The minimum absolute atomic E-state index is 0. The van der Waals surface area contributed by atoms with Crippen molar-refractivity contribution in [3.63, 3.8) is 0 Å². The van der Waals surface area contributed by atoms with Gasteiger partial charge in [0.25, 0.3) is 0 Å². The van der Waals surface area contributed by atoms with Crippen molar-refractivity contribution in [1.29, 1.82) is 0 Å². The highest BCUT2D eigenvalue weighted by molar-refractivity contribution is 6.30. The molecule has 0 amide bonds. The van der Waals surface area contributed by atoms with Gasteiger partial charge in [-0.1, -0.05) is 41.9 Å². The molecule has 0 spiro atoms. The fourth-order valence-electron chi connectivity index (χ4n) is 3.06. The van der Waals surface area contributed by atoms with E-state index in [4.69, 9.17) is 25.5 Å². The maximum Gasteiger partial charge on any atom is 0.344 e. The van der Waals surface area contributed by atoms with Crippen molar-refractivity contribution in [1.82, 2.24) is 4.90 Å². The van der Waals surface area contributed by atoms with E-state index in [-0.39, 0.29) is 52.9 Å². The number of phenolic OH excluding ortho intramolecular Hbond substituents is 2. The second-order valence-electron chi connectivity index (χ2n) is 7.95. The van der Waals surface area contributed by atoms with E-state index < -0.39 is 0 Å². The highest BCUT2D eigenvalue weighted by Gasteiger charge is 2.11. The van der Waals surface area contributed by atoms with Crippen molar-refractivity contribution >= 4 is 40.9 Å². The molecule has 4 rings (SSSR count). The zero-order chi connectivity index (χ0) is 26.1. The Labute approximate surface area is 225 Å². The Morgan fingerprint density at radius 3 is 2.32 bits per heavy atom. The van der Waals surface area contributed by atoms with Gasteiger partial charge in [-0.2, -0.15) is 0 Å². The molecule has 0 atom stereocenters. The van der Waals surface area contributed by atoms with Gasteiger partial charge in [-0.05, 0) is 38.4 Å². The van der Waals surface area contributed by atoms with Crippen molar-refractivity contribution in [2.24, 2.45) is 0 Å². The number of benzene rings is 3. The van der Waals surface area contributed by atoms with Gasteiger partial charge in [0, 0.05) is 35.3 Å². The van der Waals surface area contributed by atoms with Gasteiger partial charge in [0.15, 0.2) is 12.0 Å². The quantitative estimate of drug-likeness (QED) is 0.307. The van der Waals surface area contributed by atoms with E-state index in [1.165, 1.54) is 12.1 Å². The summed E-state index contributed by atoms with van der Waals surface area (Å²) in [6.45, 7) is 0.984. The molecule has 3 aromatic carbocycles. The lowest BCUT2D eigenvalue weighted by Gasteiger charge is -2.10. The van der Waals surface area contributed by atoms with Crippen LogP contribution in [-0.4, -0.2) is 54.9 Å². The standard InChI is InChI=1S/C15H10O4.C12H16ClNO3.ClH/c16-10-6-11(17)15-12(18)8-13(19-14(15)7-10)9-4-2-1-3-5-9;1-14(2)7-8-16-12(15)9-17-11-5-3-10(13)4-6-11;/h1-8,16-17H;3-6H,7-9H2,1-2H3;1H. The molecule has 10 heteroatoms. The molecule has 0 aliphatic heterocycles. The molecule has 37 heavy (non-hydrogen) atoms. The molecule has 0 bridgehead atoms. The van der Waals surface area contributed by atoms with E-state index in [2.05, 4.69) is 0 Å². The monoisotopic (exact) mass is 547 g/mol. The summed E-state index contributed by atoms with van der Waals surface area (Å²) in [5.74, 6) is 0.172. The van der Waals surface area contributed by atoms with Crippen LogP contribution in [0.25, 0.3) is 22.3 Å². The predicted molar refractivity (Wildman–Crippen MR) is 145 cm³/mol. The molecule has 0 radical (unpaired) electrons. The number of likely N-dealkylation sites (N-methyl/N-ethyl adjacent to an activating group) is 1. The van der Waals surface area contributed by atoms with Crippen LogP contribution in [0.2, 0.25) is 5.02 Å². The fourth-order valence-corrected chi connectivity index (χ4v) is 3.18. The first kappa shape index (κ1) is 29.5. The summed E-state index contributed by atoms with van der Waals surface area (Å²) in [7, 11) is 3.83. The van der Waals surface area contributed by atoms with E-state index in [9.17, 15) is 19.8 Å². The van der Waals surface area contributed by atoms with Crippen molar-refractivity contribution in [2.45, 2.75) is 0 Å². The number of esters is 1. The summed E-state index contributed by atoms with van der Waals surface area (Å²) < 4.78 is 15.8. The second-order valence-corrected chi connectivity index (χ2v) is 8.38. The number of fused-ring (bicyclic) bond motifs is 1. The summed E-state index contributed by atoms with van der Waals surface area (Å²) >= 11 is 5.72. The lowest BCUT2D eigenvalue weighted by molar-refractivity contribution is -0.146. The molecule has 0 aliphatic carbocycles. The number of halogens is 2. The van der Waals surface area contributed by atoms with E-state index in [0.717, 1.165) is 11.6 Å². The second kappa shape index (κ2) is 14.1. The Hall–Kier alpha value is -3.72. The zero-order valence-electron chi connectivity index (χ0n) is 20.2. The lowest BCUT2D eigenvalue weighted by atomic mass is 10.1. The summed E-state index contributed by atoms with van der Waals surface area (Å²) in [6.07, 6.45) is 0. The fraction of sp³-hybridized carbons (Fsp3) is 0.185. The molecular weight excluding hydrogens is 521 g/mol. The average molecular weight is 548 g/mol. The van der Waals surface area contributed by atoms with Crippen molar-refractivity contribution in [2.75, 3.05) is 33.9 Å². The lowest BCUT2D eigenvalue weighted by Crippen LogP contribution is -2.22. The normalized spacial score (nSPS) is 10.3. The smallest absolute Gasteiger partial charge is 0.344 e. The number of hydrogen-bond acceptors (Lipinski definition) is 8. The third kappa shape index (κ3) is 9.02. The average Bonchev–Trinajstić information content (AvgIpc) is 2.84. The molecule has 196 valence electrons. The topological polar surface area (TPSA) is 109 Å². The van der Waals surface area contributed by atoms with E-state index in [1.54, 1.807) is 24.3 Å². The van der Waals surface area contributed by atoms with Gasteiger partial charge in [0.2, 0.25) is 0 Å². The molecule has 4 aromatic rings. The van der Waals surface area contributed by atoms with Crippen molar-refractivity contribution in [3.8, 4) is 28.6 Å². The number of rotatable bonds is 7. The van der Waals surface area contributed by atoms with Crippen molar-refractivity contribution in [3.05, 3.63) is 88.0 Å². The number of ether oxygens (including phenoxy) is 2. The first-order chi connectivity index (χ1) is 17.2. The Bertz CT molecular complexity index is 1360. The van der Waals surface area contributed by atoms with Crippen LogP contribution in [0.4, 0.5) is 0 Å². The summed E-state index contributed by atoms with van der Waals surface area (Å²) in [4.78, 5) is 25.2. The minimum Gasteiger partial charge on any atom is -0.508 e. The molecule has 1 aromatic heterocycles. The summed E-state index contributed by atoms with van der Waals surface area (Å²) in [5.41, 5.74) is 0.561. The highest BCUT2D eigenvalue weighted by Crippen LogP contribution is 2.30. The van der Waals surface area contributed by atoms with Crippen LogP contribution in [0.5, 0.6) is 17.2 Å². The molecular formula is C27H27Cl2NO7. The van der Waals surface area contributed by atoms with Gasteiger partial charge in [-0.3, -0.25) is 4.79 Å². The maximum absolute atomic E-state index is 12.0. The Kier molecular flexibility index (Phi) is 11.3. The molecule has 0 aliphatic rings. The third-order valence-electron chi connectivity index (χ3n) is 4.82. The van der Waals surface area contributed by atoms with Gasteiger partial charge < -0.3 is 29.0 Å². The van der Waals surface area contributed by atoms with Gasteiger partial charge in [0.05, 0.1) is 0 Å². The van der Waals surface area contributed by atoms with Crippen LogP contribution in [0.3, 0.4) is 0 Å². The van der Waals surface area contributed by atoms with Gasteiger partial charge in [-0.25, -0.2) is 4.79 Å². The number of aromatic hydroxyl groups is 2. The van der Waals surface area contributed by atoms with Gasteiger partial charge >= 0.3 is 5.97 Å². The molecule has 0 saturated heterocycles. The van der Waals surface area contributed by atoms with Crippen LogP contribution in [0.1, 0.15) is 0 Å². The predicted octanol–water partition coefficient (Wildman–Crippen LogP) is 5.12. The molecule has 1 heterocycles. The maximum atomic E-state index is 12.0. The van der Waals surface area contributed by atoms with E-state index >= 15 is 0 Å². The Balaban J connectivity index is 0.000000255. The van der Waals surface area contributed by atoms with E-state index in [1.807, 2.05) is 49.3 Å². The van der Waals surface area contributed by atoms with Crippen molar-refractivity contribution < 1.29 is 28.9 Å². The SMILES string of the molecule is CN(C)CCOC(=O)COc1ccc(Cl)cc1.Cl.O=c1cc(-c2ccccc2)oc2cc(O)cc(O)c12. The molecule has 2 N–H and O–H groups in total. The zero-order valence-corrected chi connectivity index (χ0v) is 21.8. The number of hydrogen-bond donors (Lipinski definition) is 2. The largest absolute Gasteiger partial charge is 0.508 e. The van der Waals surface area contributed by atoms with Gasteiger partial charge in [-0.15, -0.1) is 12.4 Å². The van der Waals surface area contributed by atoms with Gasteiger partial charge in [0.1, 0.15) is 40.6 Å². The Morgan fingerprint density at radius 1 is 1.00 bits per heavy atom. The molecule has 8 nitrogen and oxygen atoms in total. The number of phenols is 2. The van der Waals surface area contributed by atoms with E-state index in [0.29, 0.717) is 29.7 Å². The molecule has 0 unspecified atom stereocenters. The minimum atomic E-state index is -0.373. The van der Waals surface area contributed by atoms with Crippen LogP contribution in [0, 0.1) is 0 Å². The first-order valence-electron chi connectivity index (χ1n) is 11.0. The first-order valence-corrected chi connectivity index (χ1v) is 11.3. The van der Waals surface area contributed by atoms with Crippen LogP contribution in [0.15, 0.2) is 82.0 Å².